The zero-order chi connectivity index (χ0) is 13.9. The standard InChI is InChI=1S/C15H13N3O2/c19-14-9-13(17-11-5-4-8-16-10-11)15(20)18(14)12-6-2-1-3-7-12/h1-8,10,13,17H,9H2. The molecular weight excluding hydrogens is 254 g/mol. The van der Waals surface area contributed by atoms with Crippen LogP contribution in [0.3, 0.4) is 0 Å². The summed E-state index contributed by atoms with van der Waals surface area (Å²) in [5, 5.41) is 3.05. The zero-order valence-electron chi connectivity index (χ0n) is 10.7. The van der Waals surface area contributed by atoms with Crippen molar-refractivity contribution >= 4 is 23.2 Å². The third-order valence-corrected chi connectivity index (χ3v) is 3.16. The third-order valence-electron chi connectivity index (χ3n) is 3.16. The molecule has 0 aliphatic carbocycles. The Hall–Kier alpha value is -2.69. The van der Waals surface area contributed by atoms with Crippen LogP contribution in [-0.2, 0) is 9.59 Å². The topological polar surface area (TPSA) is 62.3 Å². The molecule has 20 heavy (non-hydrogen) atoms. The van der Waals surface area contributed by atoms with E-state index >= 15 is 0 Å². The second-order valence-corrected chi connectivity index (χ2v) is 4.55. The van der Waals surface area contributed by atoms with E-state index in [0.29, 0.717) is 5.69 Å². The Morgan fingerprint density at radius 1 is 1.10 bits per heavy atom. The van der Waals surface area contributed by atoms with Crippen molar-refractivity contribution in [3.63, 3.8) is 0 Å². The lowest BCUT2D eigenvalue weighted by atomic mass is 10.2. The van der Waals surface area contributed by atoms with Crippen LogP contribution in [0.15, 0.2) is 54.9 Å². The van der Waals surface area contributed by atoms with Gasteiger partial charge >= 0.3 is 0 Å². The fourth-order valence-electron chi connectivity index (χ4n) is 2.24. The summed E-state index contributed by atoms with van der Waals surface area (Å²) in [5.74, 6) is -0.423. The summed E-state index contributed by atoms with van der Waals surface area (Å²) in [7, 11) is 0. The first-order valence-electron chi connectivity index (χ1n) is 6.34. The number of anilines is 2. The first kappa shape index (κ1) is 12.3. The number of benzene rings is 1. The molecule has 5 nitrogen and oxygen atoms in total. The van der Waals surface area contributed by atoms with E-state index in [4.69, 9.17) is 0 Å². The maximum Gasteiger partial charge on any atom is 0.256 e. The van der Waals surface area contributed by atoms with E-state index in [9.17, 15) is 9.59 Å². The molecule has 100 valence electrons. The first-order valence-corrected chi connectivity index (χ1v) is 6.34. The number of carbonyl (C=O) groups is 2. The molecule has 1 aliphatic heterocycles. The molecule has 1 N–H and O–H groups in total. The molecule has 1 aromatic heterocycles. The third kappa shape index (κ3) is 2.25. The highest BCUT2D eigenvalue weighted by molar-refractivity contribution is 6.23. The van der Waals surface area contributed by atoms with Gasteiger partial charge in [0.25, 0.3) is 5.91 Å². The van der Waals surface area contributed by atoms with E-state index in [0.717, 1.165) is 5.69 Å². The van der Waals surface area contributed by atoms with Crippen molar-refractivity contribution in [3.05, 3.63) is 54.9 Å². The van der Waals surface area contributed by atoms with Gasteiger partial charge in [-0.3, -0.25) is 14.6 Å². The van der Waals surface area contributed by atoms with E-state index in [1.807, 2.05) is 12.1 Å². The minimum Gasteiger partial charge on any atom is -0.372 e. The van der Waals surface area contributed by atoms with Gasteiger partial charge in [-0.25, -0.2) is 4.90 Å². The van der Waals surface area contributed by atoms with Crippen LogP contribution in [0.5, 0.6) is 0 Å². The van der Waals surface area contributed by atoms with Crippen molar-refractivity contribution in [2.75, 3.05) is 10.2 Å². The van der Waals surface area contributed by atoms with Crippen LogP contribution in [0.4, 0.5) is 11.4 Å². The molecule has 0 spiro atoms. The highest BCUT2D eigenvalue weighted by Gasteiger charge is 2.39. The number of amides is 2. The van der Waals surface area contributed by atoms with Gasteiger partial charge in [0.2, 0.25) is 5.91 Å². The Bertz CT molecular complexity index is 628. The summed E-state index contributed by atoms with van der Waals surface area (Å²) in [4.78, 5) is 29.6. The maximum atomic E-state index is 12.3. The molecule has 1 unspecified atom stereocenters. The van der Waals surface area contributed by atoms with Gasteiger partial charge in [0.05, 0.1) is 17.8 Å². The number of hydrogen-bond acceptors (Lipinski definition) is 4. The summed E-state index contributed by atoms with van der Waals surface area (Å²) in [6.45, 7) is 0. The summed E-state index contributed by atoms with van der Waals surface area (Å²) >= 11 is 0. The second kappa shape index (κ2) is 5.13. The predicted molar refractivity (Wildman–Crippen MR) is 75.2 cm³/mol. The maximum absolute atomic E-state index is 12.3. The first-order chi connectivity index (χ1) is 9.75. The molecule has 2 heterocycles. The number of hydrogen-bond donors (Lipinski definition) is 1. The van der Waals surface area contributed by atoms with E-state index in [-0.39, 0.29) is 18.2 Å². The largest absolute Gasteiger partial charge is 0.372 e. The van der Waals surface area contributed by atoms with Crippen molar-refractivity contribution in [3.8, 4) is 0 Å². The van der Waals surface area contributed by atoms with Crippen LogP contribution in [0.1, 0.15) is 6.42 Å². The lowest BCUT2D eigenvalue weighted by Gasteiger charge is -2.15. The SMILES string of the molecule is O=C1CC(Nc2cccnc2)C(=O)N1c1ccccc1. The van der Waals surface area contributed by atoms with Gasteiger partial charge in [0.15, 0.2) is 0 Å². The fraction of sp³-hybridized carbons (Fsp3) is 0.133. The molecule has 1 aromatic carbocycles. The highest BCUT2D eigenvalue weighted by atomic mass is 16.2. The Balaban J connectivity index is 1.81. The molecule has 0 saturated carbocycles. The number of rotatable bonds is 3. The molecule has 5 heteroatoms. The number of nitrogens with one attached hydrogen (secondary N) is 1. The monoisotopic (exact) mass is 267 g/mol. The Morgan fingerprint density at radius 2 is 1.90 bits per heavy atom. The normalized spacial score (nSPS) is 18.4. The van der Waals surface area contributed by atoms with E-state index in [2.05, 4.69) is 10.3 Å². The van der Waals surface area contributed by atoms with Gasteiger partial charge in [-0.15, -0.1) is 0 Å². The Morgan fingerprint density at radius 3 is 2.60 bits per heavy atom. The lowest BCUT2D eigenvalue weighted by molar-refractivity contribution is -0.121. The fourth-order valence-corrected chi connectivity index (χ4v) is 2.24. The molecule has 0 radical (unpaired) electrons. The zero-order valence-corrected chi connectivity index (χ0v) is 10.7. The minimum atomic E-state index is -0.535. The average Bonchev–Trinajstić information content (AvgIpc) is 2.75. The average molecular weight is 267 g/mol. The van der Waals surface area contributed by atoms with Gasteiger partial charge in [-0.1, -0.05) is 18.2 Å². The summed E-state index contributed by atoms with van der Waals surface area (Å²) in [6.07, 6.45) is 3.44. The Kier molecular flexibility index (Phi) is 3.16. The summed E-state index contributed by atoms with van der Waals surface area (Å²) in [5.41, 5.74) is 1.34. The number of nitrogens with zero attached hydrogens (tertiary/aromatic N) is 2. The lowest BCUT2D eigenvalue weighted by Crippen LogP contribution is -2.34. The van der Waals surface area contributed by atoms with E-state index < -0.39 is 6.04 Å². The van der Waals surface area contributed by atoms with Crippen molar-refractivity contribution in [1.82, 2.24) is 4.98 Å². The molecule has 0 bridgehead atoms. The van der Waals surface area contributed by atoms with Gasteiger partial charge in [-0.2, -0.15) is 0 Å². The Labute approximate surface area is 116 Å². The van der Waals surface area contributed by atoms with Crippen LogP contribution in [0.2, 0.25) is 0 Å². The van der Waals surface area contributed by atoms with Crippen LogP contribution in [0, 0.1) is 0 Å². The molecule has 1 saturated heterocycles. The van der Waals surface area contributed by atoms with E-state index in [1.165, 1.54) is 4.90 Å². The van der Waals surface area contributed by atoms with Gasteiger partial charge in [-0.05, 0) is 24.3 Å². The number of imide groups is 1. The van der Waals surface area contributed by atoms with Crippen LogP contribution in [-0.4, -0.2) is 22.8 Å². The van der Waals surface area contributed by atoms with Crippen LogP contribution < -0.4 is 10.2 Å². The van der Waals surface area contributed by atoms with Gasteiger partial charge in [0, 0.05) is 12.4 Å². The molecule has 1 aliphatic rings. The quantitative estimate of drug-likeness (QED) is 0.862. The van der Waals surface area contributed by atoms with Crippen molar-refractivity contribution in [2.45, 2.75) is 12.5 Å². The summed E-state index contributed by atoms with van der Waals surface area (Å²) in [6, 6.07) is 12.0. The molecule has 2 aromatic rings. The van der Waals surface area contributed by atoms with Crippen LogP contribution >= 0.6 is 0 Å². The molecular formula is C15H13N3O2. The second-order valence-electron chi connectivity index (χ2n) is 4.55. The minimum absolute atomic E-state index is 0.155. The van der Waals surface area contributed by atoms with Crippen LogP contribution in [0.25, 0.3) is 0 Å². The number of carbonyl (C=O) groups excluding carboxylic acids is 2. The van der Waals surface area contributed by atoms with Gasteiger partial charge in [0.1, 0.15) is 6.04 Å². The highest BCUT2D eigenvalue weighted by Crippen LogP contribution is 2.24. The van der Waals surface area contributed by atoms with E-state index in [1.54, 1.807) is 42.7 Å². The van der Waals surface area contributed by atoms with Gasteiger partial charge < -0.3 is 5.32 Å². The number of aromatic nitrogens is 1. The molecule has 1 atom stereocenters. The van der Waals surface area contributed by atoms with Crippen molar-refractivity contribution in [1.29, 1.82) is 0 Å². The predicted octanol–water partition coefficient (Wildman–Crippen LogP) is 1.83. The molecule has 1 fully saturated rings. The molecule has 3 rings (SSSR count). The van der Waals surface area contributed by atoms with Crippen molar-refractivity contribution < 1.29 is 9.59 Å². The number of para-hydroxylation sites is 1. The number of pyridine rings is 1. The smallest absolute Gasteiger partial charge is 0.256 e. The van der Waals surface area contributed by atoms with Crippen molar-refractivity contribution in [2.24, 2.45) is 0 Å². The summed E-state index contributed by atoms with van der Waals surface area (Å²) < 4.78 is 0. The molecule has 2 amide bonds.